The van der Waals surface area contributed by atoms with Crippen LogP contribution in [0.15, 0.2) is 47.5 Å². The van der Waals surface area contributed by atoms with Gasteiger partial charge in [0.25, 0.3) is 0 Å². The van der Waals surface area contributed by atoms with Crippen LogP contribution in [0.4, 0.5) is 14.5 Å². The quantitative estimate of drug-likeness (QED) is 0.417. The van der Waals surface area contributed by atoms with Crippen LogP contribution in [-0.4, -0.2) is 37.2 Å². The van der Waals surface area contributed by atoms with Crippen LogP contribution in [0.5, 0.6) is 11.5 Å². The van der Waals surface area contributed by atoms with Crippen LogP contribution in [0, 0.1) is 17.0 Å². The van der Waals surface area contributed by atoms with Crippen molar-refractivity contribution in [3.63, 3.8) is 0 Å². The van der Waals surface area contributed by atoms with E-state index in [1.807, 2.05) is 6.08 Å². The zero-order chi connectivity index (χ0) is 20.3. The maximum Gasteiger partial charge on any atom is 0.168 e. The highest BCUT2D eigenvalue weighted by atomic mass is 19.1. The van der Waals surface area contributed by atoms with Gasteiger partial charge in [-0.25, -0.2) is 8.78 Å². The third kappa shape index (κ3) is 3.86. The highest BCUT2D eigenvalue weighted by Crippen LogP contribution is 2.36. The second-order valence-electron chi connectivity index (χ2n) is 6.23. The molecule has 0 amide bonds. The van der Waals surface area contributed by atoms with Crippen molar-refractivity contribution < 1.29 is 13.5 Å². The molecular weight excluding hydrogens is 364 g/mol. The van der Waals surface area contributed by atoms with Gasteiger partial charge in [0, 0.05) is 24.4 Å². The van der Waals surface area contributed by atoms with Gasteiger partial charge in [0.2, 0.25) is 0 Å². The lowest BCUT2D eigenvalue weighted by atomic mass is 10.00. The Morgan fingerprint density at radius 1 is 1.25 bits per heavy atom. The summed E-state index contributed by atoms with van der Waals surface area (Å²) in [4.78, 5) is 5.65. The Hall–Kier alpha value is -3.26. The van der Waals surface area contributed by atoms with E-state index in [9.17, 15) is 8.78 Å². The number of nitrogen functional groups attached to an aromatic ring is 1. The number of likely N-dealkylation sites (N-methyl/N-ethyl adjacent to an activating group) is 1. The Balaban J connectivity index is 2.07. The molecule has 0 fully saturated rings. The number of anilines is 1. The predicted octanol–water partition coefficient (Wildman–Crippen LogP) is 3.61. The maximum atomic E-state index is 14.1. The molecule has 1 heterocycles. The molecule has 0 aromatic heterocycles. The van der Waals surface area contributed by atoms with E-state index in [0.29, 0.717) is 35.0 Å². The standard InChI is InChI=1S/C20H21F2N5O/c1-25-11-27-17(6-5-16(26-2)20(27)24)14-10-13(23)4-8-18(14)28-19-7-3-12(21)9-15(19)22/h3-4,6-11,16,24,26H,5,23H2,1-2H3/b24-20?,25-11-. The average molecular weight is 385 g/mol. The Bertz CT molecular complexity index is 958. The number of nitrogens with one attached hydrogen (secondary N) is 2. The summed E-state index contributed by atoms with van der Waals surface area (Å²) in [5, 5.41) is 11.5. The van der Waals surface area contributed by atoms with Gasteiger partial charge in [-0.05, 0) is 43.8 Å². The van der Waals surface area contributed by atoms with Gasteiger partial charge in [0.05, 0.1) is 18.1 Å². The monoisotopic (exact) mass is 385 g/mol. The van der Waals surface area contributed by atoms with Crippen LogP contribution in [-0.2, 0) is 0 Å². The first kappa shape index (κ1) is 19.5. The van der Waals surface area contributed by atoms with Gasteiger partial charge in [-0.1, -0.05) is 6.08 Å². The van der Waals surface area contributed by atoms with Crippen LogP contribution < -0.4 is 15.8 Å². The van der Waals surface area contributed by atoms with Crippen LogP contribution in [0.3, 0.4) is 0 Å². The summed E-state index contributed by atoms with van der Waals surface area (Å²) in [6.07, 6.45) is 4.05. The van der Waals surface area contributed by atoms with E-state index < -0.39 is 11.6 Å². The lowest BCUT2D eigenvalue weighted by molar-refractivity contribution is 0.436. The van der Waals surface area contributed by atoms with E-state index in [2.05, 4.69) is 10.3 Å². The molecule has 0 radical (unpaired) electrons. The van der Waals surface area contributed by atoms with Gasteiger partial charge >= 0.3 is 0 Å². The van der Waals surface area contributed by atoms with Gasteiger partial charge in [0.1, 0.15) is 17.4 Å². The molecule has 0 bridgehead atoms. The Morgan fingerprint density at radius 2 is 2.00 bits per heavy atom. The fourth-order valence-corrected chi connectivity index (χ4v) is 2.98. The van der Waals surface area contributed by atoms with Crippen LogP contribution in [0.25, 0.3) is 5.70 Å². The van der Waals surface area contributed by atoms with E-state index in [1.54, 1.807) is 37.2 Å². The van der Waals surface area contributed by atoms with E-state index >= 15 is 0 Å². The lowest BCUT2D eigenvalue weighted by Gasteiger charge is -2.33. The summed E-state index contributed by atoms with van der Waals surface area (Å²) in [5.74, 6) is -0.963. The Morgan fingerprint density at radius 3 is 2.68 bits per heavy atom. The number of rotatable bonds is 5. The Labute approximate surface area is 161 Å². The first-order valence-corrected chi connectivity index (χ1v) is 8.64. The van der Waals surface area contributed by atoms with Crippen LogP contribution >= 0.6 is 0 Å². The van der Waals surface area contributed by atoms with Gasteiger partial charge in [0.15, 0.2) is 11.6 Å². The first-order valence-electron chi connectivity index (χ1n) is 8.64. The fraction of sp³-hybridized carbons (Fsp3) is 0.200. The van der Waals surface area contributed by atoms with Gasteiger partial charge in [-0.15, -0.1) is 0 Å². The number of halogens is 2. The molecule has 28 heavy (non-hydrogen) atoms. The fourth-order valence-electron chi connectivity index (χ4n) is 2.98. The minimum Gasteiger partial charge on any atom is -0.454 e. The molecule has 4 N–H and O–H groups in total. The van der Waals surface area contributed by atoms with Crippen molar-refractivity contribution in [2.45, 2.75) is 12.5 Å². The SMILES string of the molecule is C/N=C\N1C(=N)C(NC)CC=C1c1cc(N)ccc1Oc1ccc(F)cc1F. The highest BCUT2D eigenvalue weighted by molar-refractivity contribution is 6.04. The smallest absolute Gasteiger partial charge is 0.168 e. The summed E-state index contributed by atoms with van der Waals surface area (Å²) in [7, 11) is 3.39. The predicted molar refractivity (Wildman–Crippen MR) is 107 cm³/mol. The summed E-state index contributed by atoms with van der Waals surface area (Å²) in [5.41, 5.74) is 7.66. The largest absolute Gasteiger partial charge is 0.454 e. The van der Waals surface area contributed by atoms with Gasteiger partial charge < -0.3 is 15.8 Å². The lowest BCUT2D eigenvalue weighted by Crippen LogP contribution is -2.45. The van der Waals surface area contributed by atoms with Crippen molar-refractivity contribution in [3.8, 4) is 11.5 Å². The van der Waals surface area contributed by atoms with Crippen molar-refractivity contribution in [1.82, 2.24) is 10.2 Å². The minimum absolute atomic E-state index is 0.109. The van der Waals surface area contributed by atoms with E-state index in [4.69, 9.17) is 15.9 Å². The zero-order valence-electron chi connectivity index (χ0n) is 15.5. The van der Waals surface area contributed by atoms with Crippen LogP contribution in [0.2, 0.25) is 0 Å². The number of amidine groups is 1. The van der Waals surface area contributed by atoms with Crippen molar-refractivity contribution in [3.05, 3.63) is 59.7 Å². The van der Waals surface area contributed by atoms with Crippen molar-refractivity contribution in [2.75, 3.05) is 19.8 Å². The van der Waals surface area contributed by atoms with E-state index in [1.165, 1.54) is 12.4 Å². The molecule has 1 aliphatic rings. The second-order valence-corrected chi connectivity index (χ2v) is 6.23. The molecule has 2 aromatic carbocycles. The molecule has 2 aromatic rings. The normalized spacial score (nSPS) is 17.1. The number of benzene rings is 2. The number of nitrogens with zero attached hydrogens (tertiary/aromatic N) is 2. The molecular formula is C20H21F2N5O. The molecule has 0 saturated heterocycles. The summed E-state index contributed by atoms with van der Waals surface area (Å²) in [6, 6.07) is 7.87. The first-order chi connectivity index (χ1) is 13.4. The van der Waals surface area contributed by atoms with Gasteiger partial charge in [-0.3, -0.25) is 15.3 Å². The van der Waals surface area contributed by atoms with Gasteiger partial charge in [-0.2, -0.15) is 0 Å². The molecule has 0 aliphatic carbocycles. The van der Waals surface area contributed by atoms with E-state index in [-0.39, 0.29) is 11.8 Å². The molecule has 146 valence electrons. The molecule has 1 aliphatic heterocycles. The second kappa shape index (κ2) is 8.18. The third-order valence-electron chi connectivity index (χ3n) is 4.37. The van der Waals surface area contributed by atoms with E-state index in [0.717, 1.165) is 12.1 Å². The maximum absolute atomic E-state index is 14.1. The number of aliphatic imine (C=N–C) groups is 1. The molecule has 1 atom stereocenters. The molecule has 8 heteroatoms. The average Bonchev–Trinajstić information content (AvgIpc) is 2.67. The minimum atomic E-state index is -0.810. The molecule has 0 spiro atoms. The molecule has 0 saturated carbocycles. The zero-order valence-corrected chi connectivity index (χ0v) is 15.5. The molecule has 3 rings (SSSR count). The third-order valence-corrected chi connectivity index (χ3v) is 4.37. The van der Waals surface area contributed by atoms with Crippen molar-refractivity contribution >= 4 is 23.6 Å². The molecule has 1 unspecified atom stereocenters. The number of hydrogen-bond acceptors (Lipinski definition) is 5. The highest BCUT2D eigenvalue weighted by Gasteiger charge is 2.28. The van der Waals surface area contributed by atoms with Crippen molar-refractivity contribution in [1.29, 1.82) is 5.41 Å². The van der Waals surface area contributed by atoms with Crippen molar-refractivity contribution in [2.24, 2.45) is 4.99 Å². The Kier molecular flexibility index (Phi) is 5.70. The number of hydrogen-bond donors (Lipinski definition) is 3. The number of nitrogens with two attached hydrogens (primary N) is 1. The summed E-state index contributed by atoms with van der Waals surface area (Å²) in [6.45, 7) is 0. The summed E-state index contributed by atoms with van der Waals surface area (Å²) >= 11 is 0. The number of ether oxygens (including phenoxy) is 1. The summed E-state index contributed by atoms with van der Waals surface area (Å²) < 4.78 is 33.0. The van der Waals surface area contributed by atoms with Crippen LogP contribution in [0.1, 0.15) is 12.0 Å². The topological polar surface area (TPSA) is 86.7 Å². The molecule has 6 nitrogen and oxygen atoms in total.